The van der Waals surface area contributed by atoms with E-state index < -0.39 is 0 Å². The molecule has 0 N–H and O–H groups in total. The number of aromatic nitrogens is 3. The Labute approximate surface area is 140 Å². The third-order valence-electron chi connectivity index (χ3n) is 4.34. The molecule has 23 heavy (non-hydrogen) atoms. The van der Waals surface area contributed by atoms with Crippen LogP contribution in [0.1, 0.15) is 22.0 Å². The highest BCUT2D eigenvalue weighted by molar-refractivity contribution is 7.15. The van der Waals surface area contributed by atoms with E-state index in [2.05, 4.69) is 24.8 Å². The summed E-state index contributed by atoms with van der Waals surface area (Å²) in [7, 11) is 0. The molecule has 0 bridgehead atoms. The monoisotopic (exact) mass is 331 g/mol. The van der Waals surface area contributed by atoms with Crippen LogP contribution in [-0.4, -0.2) is 52.7 Å². The van der Waals surface area contributed by atoms with Crippen LogP contribution in [0.3, 0.4) is 0 Å². The first kappa shape index (κ1) is 15.0. The van der Waals surface area contributed by atoms with Gasteiger partial charge in [-0.25, -0.2) is 15.0 Å². The predicted octanol–water partition coefficient (Wildman–Crippen LogP) is 1.64. The second-order valence-corrected chi connectivity index (χ2v) is 7.15. The molecule has 4 heterocycles. The maximum Gasteiger partial charge on any atom is 0.185 e. The maximum absolute atomic E-state index is 5.41. The van der Waals surface area contributed by atoms with Gasteiger partial charge in [-0.1, -0.05) is 0 Å². The van der Waals surface area contributed by atoms with Crippen molar-refractivity contribution in [3.8, 4) is 0 Å². The number of ether oxygens (including phenoxy) is 1. The quantitative estimate of drug-likeness (QED) is 0.852. The number of fused-ring (bicyclic) bond motifs is 1. The minimum Gasteiger partial charge on any atom is -0.378 e. The van der Waals surface area contributed by atoms with E-state index in [9.17, 15) is 0 Å². The van der Waals surface area contributed by atoms with Crippen molar-refractivity contribution >= 4 is 16.5 Å². The molecule has 2 aromatic rings. The van der Waals surface area contributed by atoms with Crippen molar-refractivity contribution in [1.82, 2.24) is 19.9 Å². The molecule has 0 atom stereocenters. The number of hydrogen-bond acceptors (Lipinski definition) is 7. The molecule has 0 radical (unpaired) electrons. The zero-order chi connectivity index (χ0) is 15.6. The molecule has 2 aliphatic rings. The van der Waals surface area contributed by atoms with Gasteiger partial charge in [-0.05, 0) is 6.92 Å². The van der Waals surface area contributed by atoms with Gasteiger partial charge in [-0.3, -0.25) is 4.90 Å². The van der Waals surface area contributed by atoms with Crippen molar-refractivity contribution in [2.24, 2.45) is 0 Å². The Kier molecular flexibility index (Phi) is 4.24. The Hall–Kier alpha value is -1.57. The molecule has 4 rings (SSSR count). The second-order valence-electron chi connectivity index (χ2n) is 6.06. The molecular weight excluding hydrogens is 310 g/mol. The van der Waals surface area contributed by atoms with Crippen molar-refractivity contribution in [2.75, 3.05) is 37.7 Å². The largest absolute Gasteiger partial charge is 0.378 e. The molecule has 2 aromatic heterocycles. The number of aryl methyl sites for hydroxylation is 1. The highest BCUT2D eigenvalue weighted by Crippen LogP contribution is 2.26. The van der Waals surface area contributed by atoms with Gasteiger partial charge in [0.1, 0.15) is 5.82 Å². The lowest BCUT2D eigenvalue weighted by Crippen LogP contribution is -2.36. The molecule has 0 amide bonds. The van der Waals surface area contributed by atoms with Crippen LogP contribution in [0.25, 0.3) is 0 Å². The second kappa shape index (κ2) is 6.51. The lowest BCUT2D eigenvalue weighted by atomic mass is 10.1. The van der Waals surface area contributed by atoms with E-state index in [0.29, 0.717) is 0 Å². The Bertz CT molecular complexity index is 683. The Balaban J connectivity index is 1.41. The topological polar surface area (TPSA) is 54.4 Å². The normalized spacial score (nSPS) is 18.9. The number of hydrogen-bond donors (Lipinski definition) is 0. The molecule has 2 aliphatic heterocycles. The fraction of sp³-hybridized carbons (Fsp3) is 0.562. The fourth-order valence-corrected chi connectivity index (χ4v) is 4.10. The average molecular weight is 331 g/mol. The fourth-order valence-electron chi connectivity index (χ4n) is 3.10. The van der Waals surface area contributed by atoms with Crippen molar-refractivity contribution < 1.29 is 4.74 Å². The van der Waals surface area contributed by atoms with Crippen LogP contribution in [0, 0.1) is 6.92 Å². The first-order valence-corrected chi connectivity index (χ1v) is 8.91. The van der Waals surface area contributed by atoms with E-state index in [1.165, 1.54) is 16.1 Å². The van der Waals surface area contributed by atoms with E-state index in [0.717, 1.165) is 63.3 Å². The van der Waals surface area contributed by atoms with Gasteiger partial charge < -0.3 is 9.64 Å². The minimum atomic E-state index is 0.803. The number of rotatable bonds is 3. The summed E-state index contributed by atoms with van der Waals surface area (Å²) in [5, 5.41) is 1.12. The summed E-state index contributed by atoms with van der Waals surface area (Å²) >= 11 is 1.80. The van der Waals surface area contributed by atoms with Crippen molar-refractivity contribution in [1.29, 1.82) is 0 Å². The van der Waals surface area contributed by atoms with Crippen LogP contribution in [0.5, 0.6) is 0 Å². The molecule has 7 heteroatoms. The predicted molar refractivity (Wildman–Crippen MR) is 89.7 cm³/mol. The molecule has 1 saturated heterocycles. The average Bonchev–Trinajstić information content (AvgIpc) is 3.04. The Morgan fingerprint density at radius 3 is 2.91 bits per heavy atom. The first-order chi connectivity index (χ1) is 11.3. The summed E-state index contributed by atoms with van der Waals surface area (Å²) in [6, 6.07) is 0. The van der Waals surface area contributed by atoms with Gasteiger partial charge in [0.05, 0.1) is 13.2 Å². The van der Waals surface area contributed by atoms with Crippen LogP contribution in [-0.2, 0) is 24.2 Å². The van der Waals surface area contributed by atoms with Crippen molar-refractivity contribution in [3.63, 3.8) is 0 Å². The van der Waals surface area contributed by atoms with E-state index in [1.807, 2.05) is 19.3 Å². The SMILES string of the molecule is Cc1ncc2c(n1)CCN(Cc1cnc(N3CCOCC3)s1)C2. The van der Waals surface area contributed by atoms with Crippen LogP contribution in [0.4, 0.5) is 5.13 Å². The van der Waals surface area contributed by atoms with Gasteiger partial charge in [-0.2, -0.15) is 0 Å². The third kappa shape index (κ3) is 3.36. The van der Waals surface area contributed by atoms with E-state index in [1.54, 1.807) is 11.3 Å². The number of nitrogens with zero attached hydrogens (tertiary/aromatic N) is 5. The van der Waals surface area contributed by atoms with Gasteiger partial charge >= 0.3 is 0 Å². The number of morpholine rings is 1. The van der Waals surface area contributed by atoms with Crippen LogP contribution in [0.15, 0.2) is 12.4 Å². The van der Waals surface area contributed by atoms with Gasteiger partial charge in [0.15, 0.2) is 5.13 Å². The van der Waals surface area contributed by atoms with Crippen LogP contribution in [0.2, 0.25) is 0 Å². The highest BCUT2D eigenvalue weighted by Gasteiger charge is 2.20. The highest BCUT2D eigenvalue weighted by atomic mass is 32.1. The minimum absolute atomic E-state index is 0.803. The zero-order valence-corrected chi connectivity index (χ0v) is 14.2. The summed E-state index contributed by atoms with van der Waals surface area (Å²) < 4.78 is 5.41. The standard InChI is InChI=1S/C16H21N5OS/c1-12-17-8-13-10-20(3-2-15(13)19-12)11-14-9-18-16(23-14)21-4-6-22-7-5-21/h8-9H,2-7,10-11H2,1H3. The van der Waals surface area contributed by atoms with Gasteiger partial charge in [0, 0.05) is 67.7 Å². The third-order valence-corrected chi connectivity index (χ3v) is 5.38. The maximum atomic E-state index is 5.41. The molecule has 122 valence electrons. The molecule has 0 saturated carbocycles. The summed E-state index contributed by atoms with van der Waals surface area (Å²) in [4.78, 5) is 19.6. The lowest BCUT2D eigenvalue weighted by molar-refractivity contribution is 0.122. The molecule has 1 fully saturated rings. The summed E-state index contributed by atoms with van der Waals surface area (Å²) in [6.45, 7) is 8.39. The summed E-state index contributed by atoms with van der Waals surface area (Å²) in [6.07, 6.45) is 5.01. The van der Waals surface area contributed by atoms with Gasteiger partial charge in [0.2, 0.25) is 0 Å². The lowest BCUT2D eigenvalue weighted by Gasteiger charge is -2.27. The van der Waals surface area contributed by atoms with Gasteiger partial charge in [0.25, 0.3) is 0 Å². The van der Waals surface area contributed by atoms with E-state index in [4.69, 9.17) is 4.74 Å². The van der Waals surface area contributed by atoms with Crippen molar-refractivity contribution in [3.05, 3.63) is 34.4 Å². The Morgan fingerprint density at radius 1 is 1.17 bits per heavy atom. The summed E-state index contributed by atoms with van der Waals surface area (Å²) in [5.41, 5.74) is 2.48. The first-order valence-electron chi connectivity index (χ1n) is 8.09. The van der Waals surface area contributed by atoms with E-state index >= 15 is 0 Å². The smallest absolute Gasteiger partial charge is 0.185 e. The molecule has 0 aliphatic carbocycles. The Morgan fingerprint density at radius 2 is 2.04 bits per heavy atom. The van der Waals surface area contributed by atoms with Crippen LogP contribution >= 0.6 is 11.3 Å². The van der Waals surface area contributed by atoms with Crippen LogP contribution < -0.4 is 4.90 Å². The molecule has 6 nitrogen and oxygen atoms in total. The molecule has 0 spiro atoms. The number of anilines is 1. The zero-order valence-electron chi connectivity index (χ0n) is 13.4. The van der Waals surface area contributed by atoms with Crippen molar-refractivity contribution in [2.45, 2.75) is 26.4 Å². The molecule has 0 unspecified atom stereocenters. The molecule has 0 aromatic carbocycles. The summed E-state index contributed by atoms with van der Waals surface area (Å²) in [5.74, 6) is 0.870. The number of thiazole rings is 1. The van der Waals surface area contributed by atoms with Gasteiger partial charge in [-0.15, -0.1) is 11.3 Å². The molecular formula is C16H21N5OS. The van der Waals surface area contributed by atoms with E-state index in [-0.39, 0.29) is 0 Å².